The van der Waals surface area contributed by atoms with Crippen LogP contribution in [0.4, 0.5) is 0 Å². The molecule has 0 amide bonds. The predicted octanol–water partition coefficient (Wildman–Crippen LogP) is 2.48. The summed E-state index contributed by atoms with van der Waals surface area (Å²) in [5.41, 5.74) is 0. The van der Waals surface area contributed by atoms with Crippen LogP contribution in [0.5, 0.6) is 17.2 Å². The van der Waals surface area contributed by atoms with Crippen molar-refractivity contribution >= 4 is 16.7 Å². The topological polar surface area (TPSA) is 55.8 Å². The van der Waals surface area contributed by atoms with E-state index in [0.29, 0.717) is 22.3 Å². The fourth-order valence-electron chi connectivity index (χ4n) is 1.71. The van der Waals surface area contributed by atoms with Crippen LogP contribution in [0, 0.1) is 0 Å². The van der Waals surface area contributed by atoms with Gasteiger partial charge in [0.2, 0.25) is 0 Å². The summed E-state index contributed by atoms with van der Waals surface area (Å²) >= 11 is 0. The van der Waals surface area contributed by atoms with Crippen molar-refractivity contribution in [3.05, 3.63) is 30.3 Å². The van der Waals surface area contributed by atoms with Crippen molar-refractivity contribution in [2.75, 3.05) is 7.11 Å². The van der Waals surface area contributed by atoms with Gasteiger partial charge in [-0.2, -0.15) is 0 Å². The molecule has 0 aromatic heterocycles. The van der Waals surface area contributed by atoms with Crippen LogP contribution in [-0.2, 0) is 4.79 Å². The molecule has 88 valence electrons. The SMILES string of the molecule is COc1cc(O)c2ccccc2c1OC(C)=O. The first-order valence-corrected chi connectivity index (χ1v) is 5.10. The first-order chi connectivity index (χ1) is 8.13. The number of fused-ring (bicyclic) bond motifs is 1. The van der Waals surface area contributed by atoms with Crippen molar-refractivity contribution in [2.45, 2.75) is 6.92 Å². The molecule has 0 radical (unpaired) electrons. The Morgan fingerprint density at radius 1 is 1.24 bits per heavy atom. The molecule has 0 fully saturated rings. The molecule has 0 saturated heterocycles. The molecule has 0 heterocycles. The van der Waals surface area contributed by atoms with E-state index in [1.54, 1.807) is 24.3 Å². The lowest BCUT2D eigenvalue weighted by Crippen LogP contribution is -2.03. The van der Waals surface area contributed by atoms with E-state index in [2.05, 4.69) is 0 Å². The third kappa shape index (κ3) is 2.01. The maximum Gasteiger partial charge on any atom is 0.308 e. The molecule has 0 unspecified atom stereocenters. The number of phenolic OH excluding ortho intramolecular Hbond substituents is 1. The van der Waals surface area contributed by atoms with Crippen molar-refractivity contribution in [1.29, 1.82) is 0 Å². The van der Waals surface area contributed by atoms with Gasteiger partial charge in [0.15, 0.2) is 11.5 Å². The summed E-state index contributed by atoms with van der Waals surface area (Å²) in [5, 5.41) is 11.1. The second-order valence-corrected chi connectivity index (χ2v) is 3.57. The van der Waals surface area contributed by atoms with Gasteiger partial charge < -0.3 is 14.6 Å². The monoisotopic (exact) mass is 232 g/mol. The van der Waals surface area contributed by atoms with Crippen molar-refractivity contribution in [2.24, 2.45) is 0 Å². The molecular weight excluding hydrogens is 220 g/mol. The second kappa shape index (κ2) is 4.33. The quantitative estimate of drug-likeness (QED) is 0.638. The number of benzene rings is 2. The van der Waals surface area contributed by atoms with Crippen LogP contribution < -0.4 is 9.47 Å². The first-order valence-electron chi connectivity index (χ1n) is 5.10. The third-order valence-electron chi connectivity index (χ3n) is 2.40. The van der Waals surface area contributed by atoms with Gasteiger partial charge in [0, 0.05) is 23.8 Å². The highest BCUT2D eigenvalue weighted by atomic mass is 16.6. The van der Waals surface area contributed by atoms with Gasteiger partial charge in [-0.1, -0.05) is 24.3 Å². The fourth-order valence-corrected chi connectivity index (χ4v) is 1.71. The number of aromatic hydroxyl groups is 1. The van der Waals surface area contributed by atoms with Crippen LogP contribution in [0.3, 0.4) is 0 Å². The molecule has 4 heteroatoms. The van der Waals surface area contributed by atoms with E-state index >= 15 is 0 Å². The lowest BCUT2D eigenvalue weighted by Gasteiger charge is -2.12. The molecule has 0 spiro atoms. The Hall–Kier alpha value is -2.23. The maximum atomic E-state index is 11.1. The molecule has 2 aromatic carbocycles. The van der Waals surface area contributed by atoms with Gasteiger partial charge >= 0.3 is 5.97 Å². The minimum absolute atomic E-state index is 0.0911. The Morgan fingerprint density at radius 2 is 1.88 bits per heavy atom. The van der Waals surface area contributed by atoms with E-state index in [4.69, 9.17) is 9.47 Å². The molecule has 17 heavy (non-hydrogen) atoms. The third-order valence-corrected chi connectivity index (χ3v) is 2.40. The summed E-state index contributed by atoms with van der Waals surface area (Å²) in [6.45, 7) is 1.32. The van der Waals surface area contributed by atoms with Gasteiger partial charge in [0.05, 0.1) is 7.11 Å². The first kappa shape index (κ1) is 11.3. The standard InChI is InChI=1S/C13H12O4/c1-8(14)17-13-10-6-4-3-5-9(10)11(15)7-12(13)16-2/h3-7,15H,1-2H3. The zero-order valence-electron chi connectivity index (χ0n) is 9.56. The molecular formula is C13H12O4. The zero-order chi connectivity index (χ0) is 12.4. The summed E-state index contributed by atoms with van der Waals surface area (Å²) in [4.78, 5) is 11.1. The van der Waals surface area contributed by atoms with Gasteiger partial charge in [-0.3, -0.25) is 4.79 Å². The fraction of sp³-hybridized carbons (Fsp3) is 0.154. The smallest absolute Gasteiger partial charge is 0.308 e. The molecule has 2 rings (SSSR count). The van der Waals surface area contributed by atoms with Gasteiger partial charge in [-0.25, -0.2) is 0 Å². The van der Waals surface area contributed by atoms with Crippen LogP contribution in [-0.4, -0.2) is 18.2 Å². The second-order valence-electron chi connectivity index (χ2n) is 3.57. The van der Waals surface area contributed by atoms with Crippen molar-refractivity contribution in [3.8, 4) is 17.2 Å². The summed E-state index contributed by atoms with van der Waals surface area (Å²) in [7, 11) is 1.45. The normalized spacial score (nSPS) is 10.2. The molecule has 0 saturated carbocycles. The highest BCUT2D eigenvalue weighted by Gasteiger charge is 2.14. The molecule has 0 aliphatic heterocycles. The van der Waals surface area contributed by atoms with E-state index in [1.165, 1.54) is 20.1 Å². The number of rotatable bonds is 2. The lowest BCUT2D eigenvalue weighted by molar-refractivity contribution is -0.131. The minimum Gasteiger partial charge on any atom is -0.507 e. The summed E-state index contributed by atoms with van der Waals surface area (Å²) < 4.78 is 10.2. The zero-order valence-corrected chi connectivity index (χ0v) is 9.56. The van der Waals surface area contributed by atoms with E-state index in [1.807, 2.05) is 0 Å². The minimum atomic E-state index is -0.431. The Morgan fingerprint density at radius 3 is 2.47 bits per heavy atom. The van der Waals surface area contributed by atoms with Crippen molar-refractivity contribution in [3.63, 3.8) is 0 Å². The number of phenols is 1. The highest BCUT2D eigenvalue weighted by molar-refractivity contribution is 5.96. The maximum absolute atomic E-state index is 11.1. The summed E-state index contributed by atoms with van der Waals surface area (Å²) in [6, 6.07) is 8.54. The van der Waals surface area contributed by atoms with E-state index in [0.717, 1.165) is 0 Å². The number of hydrogen-bond acceptors (Lipinski definition) is 4. The summed E-state index contributed by atoms with van der Waals surface area (Å²) in [6.07, 6.45) is 0. The van der Waals surface area contributed by atoms with Gasteiger partial charge in [-0.05, 0) is 0 Å². The molecule has 0 bridgehead atoms. The molecule has 4 nitrogen and oxygen atoms in total. The van der Waals surface area contributed by atoms with Gasteiger partial charge in [0.1, 0.15) is 5.75 Å². The average molecular weight is 232 g/mol. The molecule has 1 N–H and O–H groups in total. The number of esters is 1. The Kier molecular flexibility index (Phi) is 2.87. The average Bonchev–Trinajstić information content (AvgIpc) is 2.32. The molecule has 0 aliphatic rings. The number of carbonyl (C=O) groups is 1. The number of ether oxygens (including phenoxy) is 2. The van der Waals surface area contributed by atoms with E-state index < -0.39 is 5.97 Å². The van der Waals surface area contributed by atoms with Crippen molar-refractivity contribution < 1.29 is 19.4 Å². The van der Waals surface area contributed by atoms with Crippen LogP contribution in [0.1, 0.15) is 6.92 Å². The highest BCUT2D eigenvalue weighted by Crippen LogP contribution is 2.40. The van der Waals surface area contributed by atoms with Crippen LogP contribution in [0.25, 0.3) is 10.8 Å². The number of hydrogen-bond donors (Lipinski definition) is 1. The van der Waals surface area contributed by atoms with Crippen LogP contribution in [0.15, 0.2) is 30.3 Å². The van der Waals surface area contributed by atoms with E-state index in [9.17, 15) is 9.90 Å². The number of methoxy groups -OCH3 is 1. The van der Waals surface area contributed by atoms with Crippen molar-refractivity contribution in [1.82, 2.24) is 0 Å². The molecule has 2 aromatic rings. The largest absolute Gasteiger partial charge is 0.507 e. The van der Waals surface area contributed by atoms with Crippen LogP contribution >= 0.6 is 0 Å². The Labute approximate surface area is 98.4 Å². The van der Waals surface area contributed by atoms with Gasteiger partial charge in [0.25, 0.3) is 0 Å². The van der Waals surface area contributed by atoms with E-state index in [-0.39, 0.29) is 5.75 Å². The Balaban J connectivity index is 2.76. The lowest BCUT2D eigenvalue weighted by atomic mass is 10.1. The molecule has 0 aliphatic carbocycles. The Bertz CT molecular complexity index is 575. The predicted molar refractivity (Wildman–Crippen MR) is 63.5 cm³/mol. The summed E-state index contributed by atoms with van der Waals surface area (Å²) in [5.74, 6) is 0.317. The molecule has 0 atom stereocenters. The van der Waals surface area contributed by atoms with Gasteiger partial charge in [-0.15, -0.1) is 0 Å². The van der Waals surface area contributed by atoms with Crippen LogP contribution in [0.2, 0.25) is 0 Å². The number of carbonyl (C=O) groups excluding carboxylic acids is 1.